The maximum Gasteiger partial charge on any atom is 0.328 e. The van der Waals surface area contributed by atoms with E-state index >= 15 is 0 Å². The highest BCUT2D eigenvalue weighted by atomic mass is 127. The molecule has 1 heterocycles. The highest BCUT2D eigenvalue weighted by Gasteiger charge is 1.94. The molecule has 1 aromatic heterocycles. The van der Waals surface area contributed by atoms with Crippen molar-refractivity contribution in [2.24, 2.45) is 0 Å². The predicted octanol–water partition coefficient (Wildman–Crippen LogP) is 1.98. The van der Waals surface area contributed by atoms with E-state index in [1.165, 1.54) is 6.08 Å². The summed E-state index contributed by atoms with van der Waals surface area (Å²) in [4.78, 5) is 10.0. The summed E-state index contributed by atoms with van der Waals surface area (Å²) in [5.74, 6) is -0.423. The van der Waals surface area contributed by atoms with Crippen molar-refractivity contribution in [3.8, 4) is 0 Å². The van der Waals surface area contributed by atoms with Crippen molar-refractivity contribution in [1.29, 1.82) is 0 Å². The van der Waals surface area contributed by atoms with Crippen LogP contribution in [0.3, 0.4) is 0 Å². The van der Waals surface area contributed by atoms with Gasteiger partial charge in [-0.1, -0.05) is 0 Å². The summed E-state index contributed by atoms with van der Waals surface area (Å²) >= 11 is 2.01. The van der Waals surface area contributed by atoms with Gasteiger partial charge in [-0.05, 0) is 40.8 Å². The quantitative estimate of drug-likeness (QED) is 0.656. The lowest BCUT2D eigenvalue weighted by Crippen LogP contribution is -1.84. The molecule has 0 fully saturated rings. The van der Waals surface area contributed by atoms with E-state index in [0.29, 0.717) is 5.76 Å². The second kappa shape index (κ2) is 3.56. The van der Waals surface area contributed by atoms with Crippen LogP contribution in [0, 0.1) is 3.77 Å². The van der Waals surface area contributed by atoms with Gasteiger partial charge in [0.1, 0.15) is 5.76 Å². The van der Waals surface area contributed by atoms with Crippen molar-refractivity contribution in [2.45, 2.75) is 0 Å². The van der Waals surface area contributed by atoms with E-state index in [0.717, 1.165) is 9.84 Å². The Morgan fingerprint density at radius 2 is 2.36 bits per heavy atom. The first kappa shape index (κ1) is 8.32. The van der Waals surface area contributed by atoms with Crippen molar-refractivity contribution in [3.05, 3.63) is 27.7 Å². The number of rotatable bonds is 2. The average molecular weight is 264 g/mol. The molecule has 0 unspecified atom stereocenters. The van der Waals surface area contributed by atoms with Crippen LogP contribution in [0.1, 0.15) is 5.76 Å². The zero-order valence-corrected chi connectivity index (χ0v) is 7.61. The van der Waals surface area contributed by atoms with Crippen LogP contribution in [0.2, 0.25) is 0 Å². The molecule has 4 heteroatoms. The van der Waals surface area contributed by atoms with Crippen molar-refractivity contribution < 1.29 is 14.3 Å². The van der Waals surface area contributed by atoms with Crippen molar-refractivity contribution in [2.75, 3.05) is 0 Å². The molecule has 0 aromatic carbocycles. The van der Waals surface area contributed by atoms with Crippen molar-refractivity contribution in [3.63, 3.8) is 0 Å². The fourth-order valence-corrected chi connectivity index (χ4v) is 1.01. The number of halogens is 1. The van der Waals surface area contributed by atoms with Gasteiger partial charge in [-0.3, -0.25) is 0 Å². The minimum atomic E-state index is -0.976. The number of furan rings is 1. The molecule has 1 N–H and O–H groups in total. The van der Waals surface area contributed by atoms with E-state index in [4.69, 9.17) is 9.52 Å². The van der Waals surface area contributed by atoms with Gasteiger partial charge in [0.2, 0.25) is 0 Å². The van der Waals surface area contributed by atoms with Crippen LogP contribution in [0.15, 0.2) is 22.6 Å². The summed E-state index contributed by atoms with van der Waals surface area (Å²) in [5, 5.41) is 8.25. The molecule has 0 amide bonds. The van der Waals surface area contributed by atoms with E-state index in [1.54, 1.807) is 12.1 Å². The summed E-state index contributed by atoms with van der Waals surface area (Å²) in [6.45, 7) is 0. The Morgan fingerprint density at radius 3 is 2.82 bits per heavy atom. The predicted molar refractivity (Wildman–Crippen MR) is 48.1 cm³/mol. The van der Waals surface area contributed by atoms with Gasteiger partial charge in [-0.2, -0.15) is 0 Å². The zero-order valence-electron chi connectivity index (χ0n) is 5.45. The highest BCUT2D eigenvalue weighted by molar-refractivity contribution is 14.1. The minimum Gasteiger partial charge on any atom is -0.478 e. The lowest BCUT2D eigenvalue weighted by Gasteiger charge is -1.81. The fourth-order valence-electron chi connectivity index (χ4n) is 0.571. The molecule has 0 aliphatic heterocycles. The Labute approximate surface area is 76.8 Å². The Morgan fingerprint density at radius 1 is 1.64 bits per heavy atom. The molecule has 0 saturated heterocycles. The normalized spacial score (nSPS) is 10.6. The van der Waals surface area contributed by atoms with E-state index in [2.05, 4.69) is 0 Å². The summed E-state index contributed by atoms with van der Waals surface area (Å²) in [6.07, 6.45) is 2.44. The number of carboxylic acids is 1. The number of carbonyl (C=O) groups is 1. The van der Waals surface area contributed by atoms with Gasteiger partial charge in [0.05, 0.1) is 0 Å². The van der Waals surface area contributed by atoms with Gasteiger partial charge in [-0.25, -0.2) is 4.79 Å². The first-order valence-corrected chi connectivity index (χ1v) is 3.93. The van der Waals surface area contributed by atoms with Crippen LogP contribution in [0.5, 0.6) is 0 Å². The molecule has 0 bridgehead atoms. The SMILES string of the molecule is O=C(O)/C=C\c1ccc(I)o1. The van der Waals surface area contributed by atoms with Gasteiger partial charge in [0.15, 0.2) is 3.77 Å². The molecule has 0 radical (unpaired) electrons. The monoisotopic (exact) mass is 264 g/mol. The maximum atomic E-state index is 10.0. The first-order valence-electron chi connectivity index (χ1n) is 2.85. The molecule has 0 saturated carbocycles. The third kappa shape index (κ3) is 2.75. The molecule has 58 valence electrons. The number of carboxylic acid groups (broad SMARTS) is 1. The van der Waals surface area contributed by atoms with Crippen LogP contribution >= 0.6 is 22.6 Å². The Balaban J connectivity index is 2.71. The molecule has 1 aromatic rings. The molecule has 0 atom stereocenters. The summed E-state index contributed by atoms with van der Waals surface area (Å²) in [5.41, 5.74) is 0. The van der Waals surface area contributed by atoms with Gasteiger partial charge in [0.25, 0.3) is 0 Å². The largest absolute Gasteiger partial charge is 0.478 e. The van der Waals surface area contributed by atoms with Crippen LogP contribution in [-0.2, 0) is 4.79 Å². The smallest absolute Gasteiger partial charge is 0.328 e. The highest BCUT2D eigenvalue weighted by Crippen LogP contribution is 2.10. The molecular weight excluding hydrogens is 259 g/mol. The maximum absolute atomic E-state index is 10.0. The number of aliphatic carboxylic acids is 1. The fraction of sp³-hybridized carbons (Fsp3) is 0. The minimum absolute atomic E-state index is 0.553. The third-order valence-electron chi connectivity index (χ3n) is 0.984. The lowest BCUT2D eigenvalue weighted by molar-refractivity contribution is -0.131. The average Bonchev–Trinajstić information content (AvgIpc) is 2.31. The topological polar surface area (TPSA) is 50.4 Å². The second-order valence-electron chi connectivity index (χ2n) is 1.81. The number of hydrogen-bond donors (Lipinski definition) is 1. The second-order valence-corrected chi connectivity index (χ2v) is 2.88. The van der Waals surface area contributed by atoms with Gasteiger partial charge < -0.3 is 9.52 Å². The van der Waals surface area contributed by atoms with Crippen LogP contribution in [-0.4, -0.2) is 11.1 Å². The Bertz CT molecular complexity index is 288. The van der Waals surface area contributed by atoms with Gasteiger partial charge in [0, 0.05) is 6.08 Å². The molecule has 0 aliphatic carbocycles. The van der Waals surface area contributed by atoms with E-state index in [-0.39, 0.29) is 0 Å². The Hall–Kier alpha value is -0.780. The molecule has 1 rings (SSSR count). The first-order chi connectivity index (χ1) is 5.18. The Kier molecular flexibility index (Phi) is 2.70. The molecular formula is C7H5IO3. The third-order valence-corrected chi connectivity index (χ3v) is 1.56. The van der Waals surface area contributed by atoms with Crippen molar-refractivity contribution >= 4 is 34.6 Å². The zero-order chi connectivity index (χ0) is 8.27. The molecule has 0 spiro atoms. The van der Waals surface area contributed by atoms with Gasteiger partial charge in [-0.15, -0.1) is 0 Å². The lowest BCUT2D eigenvalue weighted by atomic mass is 10.4. The van der Waals surface area contributed by atoms with E-state index in [1.807, 2.05) is 22.6 Å². The molecule has 0 aliphatic rings. The summed E-state index contributed by atoms with van der Waals surface area (Å²) < 4.78 is 5.81. The number of hydrogen-bond acceptors (Lipinski definition) is 2. The van der Waals surface area contributed by atoms with Crippen molar-refractivity contribution in [1.82, 2.24) is 0 Å². The molecule has 11 heavy (non-hydrogen) atoms. The van der Waals surface area contributed by atoms with E-state index < -0.39 is 5.97 Å². The molecule has 3 nitrogen and oxygen atoms in total. The van der Waals surface area contributed by atoms with Crippen LogP contribution < -0.4 is 0 Å². The summed E-state index contributed by atoms with van der Waals surface area (Å²) in [7, 11) is 0. The summed E-state index contributed by atoms with van der Waals surface area (Å²) in [6, 6.07) is 3.48. The van der Waals surface area contributed by atoms with E-state index in [9.17, 15) is 4.79 Å². The standard InChI is InChI=1S/C7H5IO3/c8-6-3-1-5(11-6)2-4-7(9)10/h1-4H,(H,9,10)/b4-2-. The van der Waals surface area contributed by atoms with Crippen LogP contribution in [0.4, 0.5) is 0 Å². The van der Waals surface area contributed by atoms with Gasteiger partial charge >= 0.3 is 5.97 Å². The van der Waals surface area contributed by atoms with Crippen LogP contribution in [0.25, 0.3) is 6.08 Å².